The normalized spacial score (nSPS) is 16.7. The van der Waals surface area contributed by atoms with Crippen LogP contribution in [0.5, 0.6) is 0 Å². The van der Waals surface area contributed by atoms with Crippen LogP contribution in [0.1, 0.15) is 113 Å². The van der Waals surface area contributed by atoms with E-state index in [0.717, 1.165) is 92.9 Å². The summed E-state index contributed by atoms with van der Waals surface area (Å²) in [5.41, 5.74) is 8.63. The van der Waals surface area contributed by atoms with Crippen LogP contribution in [0.2, 0.25) is 0 Å². The van der Waals surface area contributed by atoms with Crippen molar-refractivity contribution in [3.05, 3.63) is 76.1 Å². The molecule has 15 nitrogen and oxygen atoms in total. The third-order valence-corrected chi connectivity index (χ3v) is 11.7. The van der Waals surface area contributed by atoms with Gasteiger partial charge in [0.1, 0.15) is 29.1 Å². The van der Waals surface area contributed by atoms with E-state index in [1.807, 2.05) is 30.7 Å². The van der Waals surface area contributed by atoms with Gasteiger partial charge >= 0.3 is 0 Å². The van der Waals surface area contributed by atoms with Gasteiger partial charge < -0.3 is 25.0 Å². The van der Waals surface area contributed by atoms with E-state index in [-0.39, 0.29) is 36.3 Å². The zero-order valence-corrected chi connectivity index (χ0v) is 33.1. The summed E-state index contributed by atoms with van der Waals surface area (Å²) in [5, 5.41) is 20.1. The van der Waals surface area contributed by atoms with Gasteiger partial charge in [0.15, 0.2) is 11.6 Å². The number of unbranched alkanes of at least 4 members (excludes halogenated alkanes) is 2. The molecule has 0 bridgehead atoms. The Bertz CT molecular complexity index is 2630. The quantitative estimate of drug-likeness (QED) is 0.0498. The lowest BCUT2D eigenvalue weighted by atomic mass is 9.97. The van der Waals surface area contributed by atoms with Gasteiger partial charge in [-0.05, 0) is 95.2 Å². The van der Waals surface area contributed by atoms with E-state index in [2.05, 4.69) is 58.1 Å². The molecule has 3 aliphatic rings. The Labute approximate surface area is 334 Å². The Morgan fingerprint density at radius 1 is 1.00 bits per heavy atom. The predicted octanol–water partition coefficient (Wildman–Crippen LogP) is 7.14. The van der Waals surface area contributed by atoms with Gasteiger partial charge in [-0.25, -0.2) is 14.6 Å². The number of H-pyrrole nitrogens is 1. The van der Waals surface area contributed by atoms with Gasteiger partial charge in [-0.2, -0.15) is 5.10 Å². The predicted molar refractivity (Wildman–Crippen MR) is 218 cm³/mol. The SMILES string of the molecule is CCn1nc(C2CC2)cc1Nc1nc(C(=O)CCCCCNc2cccc3c2CN(C2CCC(=O)NC2=O)C3=O)nc2[nH]c3cc(-c4c(C)noc4C)c(C)cc3c12. The van der Waals surface area contributed by atoms with Crippen molar-refractivity contribution in [2.75, 3.05) is 17.2 Å². The van der Waals surface area contributed by atoms with Crippen LogP contribution in [0.25, 0.3) is 33.1 Å². The first-order chi connectivity index (χ1) is 28.1. The number of hydrogen-bond donors (Lipinski definition) is 4. The molecule has 6 heterocycles. The summed E-state index contributed by atoms with van der Waals surface area (Å²) < 4.78 is 7.44. The average molecular weight is 783 g/mol. The highest BCUT2D eigenvalue weighted by molar-refractivity contribution is 6.14. The highest BCUT2D eigenvalue weighted by Gasteiger charge is 2.40. The fourth-order valence-corrected chi connectivity index (χ4v) is 8.46. The molecular formula is C43H46N10O5. The number of imide groups is 1. The first kappa shape index (κ1) is 37.2. The topological polar surface area (TPSA) is 193 Å². The molecule has 6 aromatic rings. The largest absolute Gasteiger partial charge is 0.385 e. The standard InChI is InChI=1S/C43H46N10O5/c1-5-53-35(20-31(50-53)25-13-14-25)46-41-38-28-18-22(2)27(37-23(3)51-58-24(37)4)19-32(28)45-40(38)48-39(49-41)34(54)12-7-6-8-17-44-30-11-9-10-26-29(30)21-52(43(26)57)33-15-16-36(55)47-42(33)56/h9-11,18-20,25,33,44H,5-8,12-17,21H2,1-4H3,(H,47,55,56)(H2,45,46,48,49). The van der Waals surface area contributed by atoms with E-state index >= 15 is 0 Å². The first-order valence-electron chi connectivity index (χ1n) is 20.2. The van der Waals surface area contributed by atoms with Crippen LogP contribution < -0.4 is 16.0 Å². The summed E-state index contributed by atoms with van der Waals surface area (Å²) in [6.45, 7) is 9.62. The molecule has 1 saturated heterocycles. The molecule has 1 aliphatic carbocycles. The van der Waals surface area contributed by atoms with Gasteiger partial charge in [0.2, 0.25) is 11.8 Å². The van der Waals surface area contributed by atoms with E-state index in [1.165, 1.54) is 0 Å². The van der Waals surface area contributed by atoms with Crippen LogP contribution in [0, 0.1) is 20.8 Å². The number of amides is 3. The third kappa shape index (κ3) is 6.77. The Morgan fingerprint density at radius 2 is 1.84 bits per heavy atom. The van der Waals surface area contributed by atoms with E-state index in [0.29, 0.717) is 55.4 Å². The van der Waals surface area contributed by atoms with Crippen molar-refractivity contribution in [3.8, 4) is 11.1 Å². The summed E-state index contributed by atoms with van der Waals surface area (Å²) in [4.78, 5) is 65.9. The number of hydrogen-bond acceptors (Lipinski definition) is 11. The van der Waals surface area contributed by atoms with E-state index in [4.69, 9.17) is 19.6 Å². The molecule has 9 rings (SSSR count). The van der Waals surface area contributed by atoms with Gasteiger partial charge in [-0.3, -0.25) is 24.5 Å². The number of nitrogens with one attached hydrogen (secondary N) is 4. The number of carbonyl (C=O) groups excluding carboxylic acids is 4. The van der Waals surface area contributed by atoms with Crippen LogP contribution in [0.4, 0.5) is 17.3 Å². The van der Waals surface area contributed by atoms with E-state index in [9.17, 15) is 19.2 Å². The minimum atomic E-state index is -0.660. The number of aryl methyl sites for hydroxylation is 4. The van der Waals surface area contributed by atoms with Crippen LogP contribution in [0.3, 0.4) is 0 Å². The highest BCUT2D eigenvalue weighted by atomic mass is 16.5. The molecule has 2 fully saturated rings. The van der Waals surface area contributed by atoms with Crippen molar-refractivity contribution in [3.63, 3.8) is 0 Å². The maximum absolute atomic E-state index is 13.8. The summed E-state index contributed by atoms with van der Waals surface area (Å²) >= 11 is 0. The fourth-order valence-electron chi connectivity index (χ4n) is 8.46. The second-order valence-electron chi connectivity index (χ2n) is 15.7. The van der Waals surface area contributed by atoms with Crippen LogP contribution in [-0.4, -0.2) is 70.9 Å². The zero-order valence-electron chi connectivity index (χ0n) is 33.1. The molecule has 1 unspecified atom stereocenters. The maximum atomic E-state index is 13.8. The number of fused-ring (bicyclic) bond motifs is 4. The molecule has 3 amide bonds. The van der Waals surface area contributed by atoms with Crippen molar-refractivity contribution in [2.24, 2.45) is 0 Å². The molecule has 1 atom stereocenters. The molecule has 0 spiro atoms. The number of carbonyl (C=O) groups is 4. The number of piperidine rings is 1. The van der Waals surface area contributed by atoms with Crippen LogP contribution in [0.15, 0.2) is 40.9 Å². The van der Waals surface area contributed by atoms with Gasteiger partial charge in [0, 0.05) is 77.7 Å². The van der Waals surface area contributed by atoms with Crippen molar-refractivity contribution < 1.29 is 23.7 Å². The molecule has 58 heavy (non-hydrogen) atoms. The Balaban J connectivity index is 0.906. The molecule has 298 valence electrons. The second kappa shape index (κ2) is 14.8. The van der Waals surface area contributed by atoms with E-state index in [1.54, 1.807) is 11.0 Å². The highest BCUT2D eigenvalue weighted by Crippen LogP contribution is 2.42. The monoisotopic (exact) mass is 782 g/mol. The number of aromatic nitrogens is 6. The van der Waals surface area contributed by atoms with Crippen molar-refractivity contribution >= 4 is 62.8 Å². The lowest BCUT2D eigenvalue weighted by molar-refractivity contribution is -0.136. The Kier molecular flexibility index (Phi) is 9.53. The smallest absolute Gasteiger partial charge is 0.255 e. The molecule has 1 saturated carbocycles. The third-order valence-electron chi connectivity index (χ3n) is 11.7. The van der Waals surface area contributed by atoms with Gasteiger partial charge in [0.05, 0.1) is 16.8 Å². The molecule has 2 aliphatic heterocycles. The van der Waals surface area contributed by atoms with Gasteiger partial charge in [-0.1, -0.05) is 17.6 Å². The molecule has 0 radical (unpaired) electrons. The summed E-state index contributed by atoms with van der Waals surface area (Å²) in [6, 6.07) is 11.2. The number of ketones is 1. The molecule has 4 aromatic heterocycles. The van der Waals surface area contributed by atoms with Crippen LogP contribution >= 0.6 is 0 Å². The summed E-state index contributed by atoms with van der Waals surface area (Å²) in [5.74, 6) is 1.69. The maximum Gasteiger partial charge on any atom is 0.255 e. The minimum absolute atomic E-state index is 0.139. The second-order valence-corrected chi connectivity index (χ2v) is 15.7. The number of rotatable bonds is 14. The number of benzene rings is 2. The van der Waals surface area contributed by atoms with Gasteiger partial charge in [0.25, 0.3) is 5.91 Å². The Morgan fingerprint density at radius 3 is 2.60 bits per heavy atom. The van der Waals surface area contributed by atoms with Crippen molar-refractivity contribution in [2.45, 2.75) is 104 Å². The number of nitrogens with zero attached hydrogens (tertiary/aromatic N) is 6. The minimum Gasteiger partial charge on any atom is -0.385 e. The lowest BCUT2D eigenvalue weighted by Crippen LogP contribution is -2.52. The molecule has 2 aromatic carbocycles. The van der Waals surface area contributed by atoms with Crippen molar-refractivity contribution in [1.29, 1.82) is 0 Å². The zero-order chi connectivity index (χ0) is 40.2. The fraction of sp³-hybridized carbons (Fsp3) is 0.395. The Hall–Kier alpha value is -6.38. The van der Waals surface area contributed by atoms with Crippen molar-refractivity contribution in [1.82, 2.24) is 40.1 Å². The van der Waals surface area contributed by atoms with Crippen LogP contribution in [-0.2, 0) is 22.7 Å². The number of Topliss-reactive ketones (excluding diaryl/α,β-unsaturated/α-hetero) is 1. The molecule has 4 N–H and O–H groups in total. The number of anilines is 3. The number of aromatic amines is 1. The van der Waals surface area contributed by atoms with Gasteiger partial charge in [-0.15, -0.1) is 0 Å². The van der Waals surface area contributed by atoms with E-state index < -0.39 is 11.9 Å². The summed E-state index contributed by atoms with van der Waals surface area (Å²) in [7, 11) is 0. The first-order valence-corrected chi connectivity index (χ1v) is 20.2. The molecular weight excluding hydrogens is 737 g/mol. The summed E-state index contributed by atoms with van der Waals surface area (Å²) in [6.07, 6.45) is 5.34. The molecule has 15 heteroatoms. The lowest BCUT2D eigenvalue weighted by Gasteiger charge is -2.29. The average Bonchev–Trinajstić information content (AvgIpc) is 3.59.